The van der Waals surface area contributed by atoms with Crippen molar-refractivity contribution in [2.75, 3.05) is 6.54 Å². The normalized spacial score (nSPS) is 16.1. The number of primary amides is 1. The number of carbonyl (C=O) groups excluding carboxylic acids is 2. The molecule has 1 saturated carbocycles. The maximum Gasteiger partial charge on any atom is 0.220 e. The van der Waals surface area contributed by atoms with Crippen LogP contribution in [0.3, 0.4) is 0 Å². The first-order valence-electron chi connectivity index (χ1n) is 11.3. The average molecular weight is 460 g/mol. The van der Waals surface area contributed by atoms with Gasteiger partial charge in [0, 0.05) is 31.0 Å². The highest BCUT2D eigenvalue weighted by Crippen LogP contribution is 2.45. The summed E-state index contributed by atoms with van der Waals surface area (Å²) in [5.74, 6) is -2.54. The number of nitrogens with two attached hydrogens (primary N) is 1. The minimum absolute atomic E-state index is 0.0260. The van der Waals surface area contributed by atoms with Gasteiger partial charge in [-0.1, -0.05) is 31.2 Å². The third-order valence-electron chi connectivity index (χ3n) is 6.07. The summed E-state index contributed by atoms with van der Waals surface area (Å²) in [6.07, 6.45) is 1.53. The van der Waals surface area contributed by atoms with Crippen LogP contribution < -0.4 is 16.4 Å². The fourth-order valence-electron chi connectivity index (χ4n) is 4.01. The predicted molar refractivity (Wildman–Crippen MR) is 121 cm³/mol. The molecule has 0 saturated heterocycles. The van der Waals surface area contributed by atoms with Gasteiger partial charge < -0.3 is 21.5 Å². The number of carbonyl (C=O) groups is 2. The molecule has 0 radical (unpaired) electrons. The molecule has 5 N–H and O–H groups in total. The lowest BCUT2D eigenvalue weighted by molar-refractivity contribution is -0.126. The molecule has 1 aliphatic carbocycles. The molecule has 2 atom stereocenters. The number of aliphatic hydroxyl groups excluding tert-OH is 1. The molecular formula is C25H31F2N3O3. The summed E-state index contributed by atoms with van der Waals surface area (Å²) < 4.78 is 27.3. The van der Waals surface area contributed by atoms with E-state index in [1.54, 1.807) is 0 Å². The highest BCUT2D eigenvalue weighted by Gasteiger charge is 2.44. The zero-order chi connectivity index (χ0) is 24.0. The summed E-state index contributed by atoms with van der Waals surface area (Å²) in [6.45, 7) is 2.27. The van der Waals surface area contributed by atoms with Crippen molar-refractivity contribution in [3.63, 3.8) is 0 Å². The number of aliphatic hydroxyl groups is 1. The van der Waals surface area contributed by atoms with Crippen LogP contribution in [0.15, 0.2) is 42.5 Å². The van der Waals surface area contributed by atoms with Crippen LogP contribution in [0.2, 0.25) is 0 Å². The molecule has 8 heteroatoms. The smallest absolute Gasteiger partial charge is 0.220 e. The van der Waals surface area contributed by atoms with Crippen LogP contribution in [0.5, 0.6) is 0 Å². The van der Waals surface area contributed by atoms with Crippen LogP contribution in [0.1, 0.15) is 49.3 Å². The van der Waals surface area contributed by atoms with Gasteiger partial charge in [-0.3, -0.25) is 9.59 Å². The first kappa shape index (κ1) is 24.8. The van der Waals surface area contributed by atoms with Gasteiger partial charge in [0.15, 0.2) is 0 Å². The molecule has 0 aromatic heterocycles. The van der Waals surface area contributed by atoms with Gasteiger partial charge >= 0.3 is 0 Å². The monoisotopic (exact) mass is 459 g/mol. The molecule has 6 nitrogen and oxygen atoms in total. The van der Waals surface area contributed by atoms with Gasteiger partial charge in [-0.2, -0.15) is 0 Å². The maximum absolute atomic E-state index is 13.7. The molecule has 0 spiro atoms. The van der Waals surface area contributed by atoms with Gasteiger partial charge in [0.05, 0.1) is 12.1 Å². The zero-order valence-corrected chi connectivity index (χ0v) is 18.7. The van der Waals surface area contributed by atoms with E-state index >= 15 is 0 Å². The van der Waals surface area contributed by atoms with Crippen molar-refractivity contribution in [3.8, 4) is 0 Å². The van der Waals surface area contributed by atoms with Crippen LogP contribution >= 0.6 is 0 Å². The second-order valence-corrected chi connectivity index (χ2v) is 8.71. The van der Waals surface area contributed by atoms with E-state index in [2.05, 4.69) is 35.8 Å². The summed E-state index contributed by atoms with van der Waals surface area (Å²) in [6, 6.07) is 10.6. The molecule has 2 aromatic rings. The van der Waals surface area contributed by atoms with Crippen LogP contribution in [0, 0.1) is 11.6 Å². The van der Waals surface area contributed by atoms with E-state index < -0.39 is 35.6 Å². The number of rotatable bonds is 12. The molecule has 0 heterocycles. The van der Waals surface area contributed by atoms with Crippen molar-refractivity contribution >= 4 is 11.8 Å². The highest BCUT2D eigenvalue weighted by molar-refractivity contribution is 5.83. The Morgan fingerprint density at radius 1 is 1.09 bits per heavy atom. The van der Waals surface area contributed by atoms with Crippen molar-refractivity contribution in [2.24, 2.45) is 5.73 Å². The Morgan fingerprint density at radius 2 is 1.79 bits per heavy atom. The van der Waals surface area contributed by atoms with Crippen molar-refractivity contribution in [3.05, 3.63) is 70.8 Å². The van der Waals surface area contributed by atoms with Gasteiger partial charge in [-0.25, -0.2) is 8.78 Å². The van der Waals surface area contributed by atoms with E-state index in [4.69, 9.17) is 5.73 Å². The number of hydrogen-bond donors (Lipinski definition) is 4. The Balaban J connectivity index is 1.70. The van der Waals surface area contributed by atoms with Crippen molar-refractivity contribution in [1.29, 1.82) is 0 Å². The Kier molecular flexibility index (Phi) is 8.15. The summed E-state index contributed by atoms with van der Waals surface area (Å²) >= 11 is 0. The summed E-state index contributed by atoms with van der Waals surface area (Å²) in [5, 5.41) is 17.0. The summed E-state index contributed by atoms with van der Waals surface area (Å²) in [5.41, 5.74) is 7.58. The molecule has 0 aliphatic heterocycles. The minimum atomic E-state index is -1.03. The quantitative estimate of drug-likeness (QED) is 0.391. The van der Waals surface area contributed by atoms with E-state index in [1.807, 2.05) is 6.07 Å². The third-order valence-corrected chi connectivity index (χ3v) is 6.07. The van der Waals surface area contributed by atoms with Gasteiger partial charge in [0.25, 0.3) is 0 Å². The van der Waals surface area contributed by atoms with Crippen molar-refractivity contribution < 1.29 is 23.5 Å². The maximum atomic E-state index is 13.7. The minimum Gasteiger partial charge on any atom is -0.390 e. The van der Waals surface area contributed by atoms with E-state index in [-0.39, 0.29) is 31.3 Å². The summed E-state index contributed by atoms with van der Waals surface area (Å²) in [4.78, 5) is 23.3. The fraction of sp³-hybridized carbons (Fsp3) is 0.440. The molecule has 33 heavy (non-hydrogen) atoms. The molecule has 3 rings (SSSR count). The summed E-state index contributed by atoms with van der Waals surface area (Å²) in [7, 11) is 0. The highest BCUT2D eigenvalue weighted by atomic mass is 19.1. The van der Waals surface area contributed by atoms with E-state index in [0.29, 0.717) is 5.56 Å². The van der Waals surface area contributed by atoms with E-state index in [1.165, 1.54) is 17.7 Å². The zero-order valence-electron chi connectivity index (χ0n) is 18.7. The molecule has 1 fully saturated rings. The van der Waals surface area contributed by atoms with Gasteiger partial charge in [0.1, 0.15) is 11.6 Å². The molecule has 2 amide bonds. The van der Waals surface area contributed by atoms with Crippen LogP contribution in [0.25, 0.3) is 0 Å². The standard InChI is InChI=1S/C25H31F2N3O3/c1-2-16-4-3-5-18(10-16)25(8-9-25)29-15-22(31)21(30-24(33)7-6-23(28)32)13-17-11-19(26)14-20(27)12-17/h3-5,10-12,14,21-22,29,31H,2,6-9,13,15H2,1H3,(H2,28,32)(H,30,33)/t21-,22+/m0/s1. The number of benzene rings is 2. The van der Waals surface area contributed by atoms with Gasteiger partial charge in [-0.05, 0) is 54.5 Å². The lowest BCUT2D eigenvalue weighted by Gasteiger charge is -2.27. The predicted octanol–water partition coefficient (Wildman–Crippen LogP) is 2.46. The van der Waals surface area contributed by atoms with Gasteiger partial charge in [-0.15, -0.1) is 0 Å². The number of nitrogens with one attached hydrogen (secondary N) is 2. The average Bonchev–Trinajstić information content (AvgIpc) is 3.56. The molecule has 0 bridgehead atoms. The largest absolute Gasteiger partial charge is 0.390 e. The lowest BCUT2D eigenvalue weighted by atomic mass is 9.98. The first-order valence-corrected chi connectivity index (χ1v) is 11.3. The van der Waals surface area contributed by atoms with E-state index in [9.17, 15) is 23.5 Å². The number of amides is 2. The van der Waals surface area contributed by atoms with Crippen LogP contribution in [-0.2, 0) is 28.0 Å². The topological polar surface area (TPSA) is 104 Å². The molecule has 1 aliphatic rings. The third kappa shape index (κ3) is 7.07. The van der Waals surface area contributed by atoms with Gasteiger partial charge in [0.2, 0.25) is 11.8 Å². The molecule has 178 valence electrons. The molecular weight excluding hydrogens is 428 g/mol. The second kappa shape index (κ2) is 10.9. The van der Waals surface area contributed by atoms with Crippen molar-refractivity contribution in [1.82, 2.24) is 10.6 Å². The number of aryl methyl sites for hydroxylation is 1. The van der Waals surface area contributed by atoms with Crippen LogP contribution in [-0.4, -0.2) is 35.6 Å². The van der Waals surface area contributed by atoms with Crippen LogP contribution in [0.4, 0.5) is 8.78 Å². The fourth-order valence-corrected chi connectivity index (χ4v) is 4.01. The van der Waals surface area contributed by atoms with Crippen molar-refractivity contribution in [2.45, 2.75) is 63.1 Å². The Bertz CT molecular complexity index is 974. The SMILES string of the molecule is CCc1cccc(C2(NC[C@@H](O)[C@H](Cc3cc(F)cc(F)c3)NC(=O)CCC(N)=O)CC2)c1. The molecule has 0 unspecified atom stereocenters. The second-order valence-electron chi connectivity index (χ2n) is 8.71. The number of hydrogen-bond acceptors (Lipinski definition) is 4. The first-order chi connectivity index (χ1) is 15.7. The van der Waals surface area contributed by atoms with E-state index in [0.717, 1.165) is 30.9 Å². The Labute approximate surface area is 192 Å². The lowest BCUT2D eigenvalue weighted by Crippen LogP contribution is -2.50. The molecule has 2 aromatic carbocycles. The Morgan fingerprint density at radius 3 is 2.39 bits per heavy atom. The Hall–Kier alpha value is -2.84. The number of halogens is 2.